The summed E-state index contributed by atoms with van der Waals surface area (Å²) in [6, 6.07) is 10.8. The lowest BCUT2D eigenvalue weighted by molar-refractivity contribution is 0.505. The van der Waals surface area contributed by atoms with E-state index in [9.17, 15) is 8.78 Å². The summed E-state index contributed by atoms with van der Waals surface area (Å²) in [5, 5.41) is 11.4. The zero-order valence-electron chi connectivity index (χ0n) is 10.9. The molecular weight excluding hydrogens is 276 g/mol. The summed E-state index contributed by atoms with van der Waals surface area (Å²) in [6.07, 6.45) is 0. The third kappa shape index (κ3) is 2.71. The highest BCUT2D eigenvalue weighted by Crippen LogP contribution is 2.19. The van der Waals surface area contributed by atoms with Crippen molar-refractivity contribution in [3.05, 3.63) is 59.7 Å². The summed E-state index contributed by atoms with van der Waals surface area (Å²) < 4.78 is 27.7. The van der Waals surface area contributed by atoms with Crippen LogP contribution in [0, 0.1) is 11.6 Å². The molecule has 3 aromatic rings. The molecule has 3 rings (SSSR count). The molecular formula is C14H11F2N5. The number of rotatable bonds is 3. The van der Waals surface area contributed by atoms with Crippen molar-refractivity contribution in [2.75, 3.05) is 5.73 Å². The Kier molecular flexibility index (Phi) is 3.31. The molecule has 0 saturated carbocycles. The van der Waals surface area contributed by atoms with Crippen LogP contribution in [0.4, 0.5) is 14.5 Å². The first kappa shape index (κ1) is 13.2. The highest BCUT2D eigenvalue weighted by atomic mass is 19.2. The Morgan fingerprint density at radius 2 is 1.90 bits per heavy atom. The molecule has 2 aromatic carbocycles. The number of anilines is 1. The summed E-state index contributed by atoms with van der Waals surface area (Å²) in [7, 11) is 0. The second kappa shape index (κ2) is 5.28. The van der Waals surface area contributed by atoms with E-state index in [0.717, 1.165) is 17.7 Å². The van der Waals surface area contributed by atoms with Gasteiger partial charge >= 0.3 is 0 Å². The van der Waals surface area contributed by atoms with E-state index in [2.05, 4.69) is 15.5 Å². The van der Waals surface area contributed by atoms with E-state index >= 15 is 0 Å². The lowest BCUT2D eigenvalue weighted by Crippen LogP contribution is -2.05. The molecule has 1 aromatic heterocycles. The molecule has 7 heteroatoms. The van der Waals surface area contributed by atoms with Gasteiger partial charge < -0.3 is 5.73 Å². The normalized spacial score (nSPS) is 10.8. The molecule has 5 nitrogen and oxygen atoms in total. The van der Waals surface area contributed by atoms with Gasteiger partial charge in [-0.2, -0.15) is 0 Å². The lowest BCUT2D eigenvalue weighted by atomic mass is 10.2. The SMILES string of the molecule is Nc1cccc(-c2nnnn2Cc2ccc(F)c(F)c2)c1. The van der Waals surface area contributed by atoms with Crippen molar-refractivity contribution in [3.63, 3.8) is 0 Å². The largest absolute Gasteiger partial charge is 0.399 e. The summed E-state index contributed by atoms with van der Waals surface area (Å²) >= 11 is 0. The van der Waals surface area contributed by atoms with Crippen LogP contribution in [0.25, 0.3) is 11.4 Å². The number of aromatic nitrogens is 4. The molecule has 0 radical (unpaired) electrons. The van der Waals surface area contributed by atoms with Crippen molar-refractivity contribution in [2.24, 2.45) is 0 Å². The van der Waals surface area contributed by atoms with Gasteiger partial charge in [-0.15, -0.1) is 5.10 Å². The van der Waals surface area contributed by atoms with E-state index in [1.807, 2.05) is 6.07 Å². The van der Waals surface area contributed by atoms with E-state index in [-0.39, 0.29) is 6.54 Å². The summed E-state index contributed by atoms with van der Waals surface area (Å²) in [5.41, 5.74) is 7.64. The third-order valence-corrected chi connectivity index (χ3v) is 2.99. The highest BCUT2D eigenvalue weighted by molar-refractivity contribution is 5.60. The van der Waals surface area contributed by atoms with Gasteiger partial charge in [0.2, 0.25) is 0 Å². The Bertz CT molecular complexity index is 785. The van der Waals surface area contributed by atoms with Crippen molar-refractivity contribution < 1.29 is 8.78 Å². The summed E-state index contributed by atoms with van der Waals surface area (Å²) in [6.45, 7) is 0.230. The minimum atomic E-state index is -0.897. The molecule has 0 saturated heterocycles. The van der Waals surface area contributed by atoms with E-state index in [1.54, 1.807) is 18.2 Å². The number of nitrogen functional groups attached to an aromatic ring is 1. The van der Waals surface area contributed by atoms with Gasteiger partial charge in [0.15, 0.2) is 17.5 Å². The van der Waals surface area contributed by atoms with Gasteiger partial charge in [-0.3, -0.25) is 0 Å². The minimum Gasteiger partial charge on any atom is -0.399 e. The van der Waals surface area contributed by atoms with Crippen LogP contribution in [0.2, 0.25) is 0 Å². The van der Waals surface area contributed by atoms with Crippen molar-refractivity contribution in [1.82, 2.24) is 20.2 Å². The summed E-state index contributed by atoms with van der Waals surface area (Å²) in [4.78, 5) is 0. The van der Waals surface area contributed by atoms with Crippen LogP contribution in [0.15, 0.2) is 42.5 Å². The van der Waals surface area contributed by atoms with E-state index in [1.165, 1.54) is 10.7 Å². The van der Waals surface area contributed by atoms with Crippen molar-refractivity contribution in [3.8, 4) is 11.4 Å². The van der Waals surface area contributed by atoms with Crippen molar-refractivity contribution in [2.45, 2.75) is 6.54 Å². The van der Waals surface area contributed by atoms with E-state index < -0.39 is 11.6 Å². The fraction of sp³-hybridized carbons (Fsp3) is 0.0714. The van der Waals surface area contributed by atoms with E-state index in [0.29, 0.717) is 17.1 Å². The molecule has 0 unspecified atom stereocenters. The smallest absolute Gasteiger partial charge is 0.182 e. The van der Waals surface area contributed by atoms with Gasteiger partial charge in [0.25, 0.3) is 0 Å². The number of halogens is 2. The van der Waals surface area contributed by atoms with Crippen LogP contribution in [0.3, 0.4) is 0 Å². The molecule has 1 heterocycles. The highest BCUT2D eigenvalue weighted by Gasteiger charge is 2.11. The van der Waals surface area contributed by atoms with Crippen LogP contribution in [0.5, 0.6) is 0 Å². The number of hydrogen-bond acceptors (Lipinski definition) is 4. The fourth-order valence-corrected chi connectivity index (χ4v) is 2.01. The first-order valence-corrected chi connectivity index (χ1v) is 6.19. The molecule has 21 heavy (non-hydrogen) atoms. The fourth-order valence-electron chi connectivity index (χ4n) is 2.01. The second-order valence-corrected chi connectivity index (χ2v) is 4.53. The monoisotopic (exact) mass is 287 g/mol. The number of hydrogen-bond donors (Lipinski definition) is 1. The molecule has 0 aliphatic carbocycles. The van der Waals surface area contributed by atoms with Crippen LogP contribution in [-0.4, -0.2) is 20.2 Å². The Morgan fingerprint density at radius 1 is 1.05 bits per heavy atom. The molecule has 0 spiro atoms. The Hall–Kier alpha value is -2.83. The van der Waals surface area contributed by atoms with Gasteiger partial charge in [0.05, 0.1) is 6.54 Å². The van der Waals surface area contributed by atoms with Crippen LogP contribution in [0.1, 0.15) is 5.56 Å². The molecule has 0 aliphatic rings. The van der Waals surface area contributed by atoms with Gasteiger partial charge in [-0.25, -0.2) is 13.5 Å². The average molecular weight is 287 g/mol. The van der Waals surface area contributed by atoms with Crippen LogP contribution < -0.4 is 5.73 Å². The first-order valence-electron chi connectivity index (χ1n) is 6.19. The molecule has 0 aliphatic heterocycles. The molecule has 0 amide bonds. The summed E-state index contributed by atoms with van der Waals surface area (Å²) in [5.74, 6) is -1.27. The quantitative estimate of drug-likeness (QED) is 0.750. The number of nitrogens with two attached hydrogens (primary N) is 1. The number of nitrogens with zero attached hydrogens (tertiary/aromatic N) is 4. The maximum Gasteiger partial charge on any atom is 0.182 e. The molecule has 2 N–H and O–H groups in total. The lowest BCUT2D eigenvalue weighted by Gasteiger charge is -2.06. The minimum absolute atomic E-state index is 0.230. The Morgan fingerprint density at radius 3 is 2.67 bits per heavy atom. The van der Waals surface area contributed by atoms with Crippen LogP contribution in [-0.2, 0) is 6.54 Å². The zero-order chi connectivity index (χ0) is 14.8. The molecule has 106 valence electrons. The zero-order valence-corrected chi connectivity index (χ0v) is 10.9. The third-order valence-electron chi connectivity index (χ3n) is 2.99. The second-order valence-electron chi connectivity index (χ2n) is 4.53. The first-order chi connectivity index (χ1) is 10.1. The number of tetrazole rings is 1. The van der Waals surface area contributed by atoms with Gasteiger partial charge in [-0.1, -0.05) is 18.2 Å². The predicted molar refractivity (Wildman–Crippen MR) is 73.1 cm³/mol. The molecule has 0 fully saturated rings. The predicted octanol–water partition coefficient (Wildman–Crippen LogP) is 2.25. The molecule has 0 atom stereocenters. The maximum atomic E-state index is 13.2. The molecule has 0 bridgehead atoms. The van der Waals surface area contributed by atoms with Crippen LogP contribution >= 0.6 is 0 Å². The van der Waals surface area contributed by atoms with E-state index in [4.69, 9.17) is 5.73 Å². The van der Waals surface area contributed by atoms with Gasteiger partial charge in [-0.05, 0) is 40.3 Å². The standard InChI is InChI=1S/C14H11F2N5/c15-12-5-4-9(6-13(12)16)8-21-14(18-19-20-21)10-2-1-3-11(17)7-10/h1-7H,8,17H2. The van der Waals surface area contributed by atoms with Crippen molar-refractivity contribution in [1.29, 1.82) is 0 Å². The van der Waals surface area contributed by atoms with Gasteiger partial charge in [0.1, 0.15) is 0 Å². The topological polar surface area (TPSA) is 69.6 Å². The Labute approximate surface area is 119 Å². The average Bonchev–Trinajstić information content (AvgIpc) is 2.91. The van der Waals surface area contributed by atoms with Gasteiger partial charge in [0, 0.05) is 11.3 Å². The number of benzene rings is 2. The van der Waals surface area contributed by atoms with Crippen molar-refractivity contribution >= 4 is 5.69 Å². The Balaban J connectivity index is 1.94. The maximum absolute atomic E-state index is 13.2.